The minimum absolute atomic E-state index is 0.387. The molecule has 0 aromatic heterocycles. The molecule has 0 heterocycles. The maximum absolute atomic E-state index is 14.4. The van der Waals surface area contributed by atoms with Crippen LogP contribution in [0.5, 0.6) is 11.5 Å². The van der Waals surface area contributed by atoms with Crippen LogP contribution in [0.15, 0.2) is 67.3 Å². The summed E-state index contributed by atoms with van der Waals surface area (Å²) >= 11 is 0. The zero-order valence-electron chi connectivity index (χ0n) is 14.8. The second-order valence-electron chi connectivity index (χ2n) is 6.14. The maximum Gasteiger partial charge on any atom is 0.426 e. The Bertz CT molecular complexity index is 950. The second kappa shape index (κ2) is 7.74. The van der Waals surface area contributed by atoms with Gasteiger partial charge in [-0.2, -0.15) is 8.78 Å². The van der Waals surface area contributed by atoms with Gasteiger partial charge in [0.15, 0.2) is 11.6 Å². The molecule has 0 bridgehead atoms. The van der Waals surface area contributed by atoms with Crippen LogP contribution in [0.3, 0.4) is 0 Å². The van der Waals surface area contributed by atoms with Crippen LogP contribution in [0.4, 0.5) is 13.2 Å². The van der Waals surface area contributed by atoms with Crippen LogP contribution in [-0.4, -0.2) is 7.11 Å². The van der Waals surface area contributed by atoms with Gasteiger partial charge in [0.25, 0.3) is 0 Å². The van der Waals surface area contributed by atoms with E-state index in [1.165, 1.54) is 43.5 Å². The van der Waals surface area contributed by atoms with Crippen molar-refractivity contribution in [3.63, 3.8) is 0 Å². The predicted molar refractivity (Wildman–Crippen MR) is 99.9 cm³/mol. The first kappa shape index (κ1) is 18.8. The van der Waals surface area contributed by atoms with E-state index in [0.717, 1.165) is 18.4 Å². The quantitative estimate of drug-likeness (QED) is 0.458. The molecule has 0 N–H and O–H groups in total. The van der Waals surface area contributed by atoms with Crippen LogP contribution >= 0.6 is 0 Å². The van der Waals surface area contributed by atoms with Crippen LogP contribution in [0.2, 0.25) is 0 Å². The first-order chi connectivity index (χ1) is 12.9. The molecule has 0 radical (unpaired) electrons. The number of aryl methyl sites for hydroxylation is 1. The Labute approximate surface area is 155 Å². The minimum atomic E-state index is -3.68. The zero-order chi connectivity index (χ0) is 19.4. The first-order valence-corrected chi connectivity index (χ1v) is 8.47. The highest BCUT2D eigenvalue weighted by Gasteiger charge is 2.35. The lowest BCUT2D eigenvalue weighted by molar-refractivity contribution is -0.186. The molecule has 3 aromatic rings. The first-order valence-electron chi connectivity index (χ1n) is 8.47. The highest BCUT2D eigenvalue weighted by molar-refractivity contribution is 5.84. The average Bonchev–Trinajstić information content (AvgIpc) is 2.66. The van der Waals surface area contributed by atoms with E-state index >= 15 is 0 Å². The zero-order valence-corrected chi connectivity index (χ0v) is 14.8. The Hall–Kier alpha value is -2.95. The molecule has 0 saturated heterocycles. The van der Waals surface area contributed by atoms with Gasteiger partial charge in [-0.05, 0) is 65.6 Å². The van der Waals surface area contributed by atoms with Crippen molar-refractivity contribution in [2.45, 2.75) is 19.0 Å². The van der Waals surface area contributed by atoms with E-state index in [1.54, 1.807) is 6.07 Å². The van der Waals surface area contributed by atoms with Gasteiger partial charge >= 0.3 is 6.11 Å². The summed E-state index contributed by atoms with van der Waals surface area (Å²) in [7, 11) is 1.44. The molecule has 27 heavy (non-hydrogen) atoms. The molecule has 0 amide bonds. The van der Waals surface area contributed by atoms with E-state index in [2.05, 4.69) is 6.58 Å². The van der Waals surface area contributed by atoms with E-state index < -0.39 is 17.7 Å². The maximum atomic E-state index is 14.4. The van der Waals surface area contributed by atoms with E-state index in [-0.39, 0.29) is 5.56 Å². The lowest BCUT2D eigenvalue weighted by Gasteiger charge is -2.19. The fourth-order valence-electron chi connectivity index (χ4n) is 2.78. The van der Waals surface area contributed by atoms with E-state index in [1.807, 2.05) is 18.2 Å². The number of benzene rings is 3. The minimum Gasteiger partial charge on any atom is -0.497 e. The number of hydrogen-bond donors (Lipinski definition) is 0. The van der Waals surface area contributed by atoms with E-state index in [0.29, 0.717) is 16.5 Å². The molecule has 3 aromatic carbocycles. The van der Waals surface area contributed by atoms with Crippen LogP contribution in [0.1, 0.15) is 17.5 Å². The predicted octanol–water partition coefficient (Wildman–Crippen LogP) is 6.23. The van der Waals surface area contributed by atoms with E-state index in [4.69, 9.17) is 9.47 Å². The molecule has 0 spiro atoms. The van der Waals surface area contributed by atoms with Gasteiger partial charge in [-0.1, -0.05) is 24.3 Å². The number of rotatable bonds is 7. The number of methoxy groups -OCH3 is 1. The van der Waals surface area contributed by atoms with Crippen molar-refractivity contribution in [3.8, 4) is 11.5 Å². The molecule has 0 fully saturated rings. The molecular weight excluding hydrogens is 353 g/mol. The van der Waals surface area contributed by atoms with Gasteiger partial charge in [0.05, 0.1) is 12.7 Å². The molecule has 0 aliphatic carbocycles. The summed E-state index contributed by atoms with van der Waals surface area (Å²) in [5.41, 5.74) is 0.640. The van der Waals surface area contributed by atoms with Crippen molar-refractivity contribution in [2.24, 2.45) is 0 Å². The SMILES string of the molecule is C=CCCc1ccc2cc(OC(F)(F)c3ccc(OC)cc3)c(F)cc2c1. The lowest BCUT2D eigenvalue weighted by Crippen LogP contribution is -2.22. The van der Waals surface area contributed by atoms with Gasteiger partial charge in [0.2, 0.25) is 0 Å². The third-order valence-corrected chi connectivity index (χ3v) is 4.26. The average molecular weight is 372 g/mol. The summed E-state index contributed by atoms with van der Waals surface area (Å²) in [5.74, 6) is -0.891. The number of alkyl halides is 2. The Morgan fingerprint density at radius 3 is 2.41 bits per heavy atom. The molecule has 0 aliphatic heterocycles. The van der Waals surface area contributed by atoms with Crippen molar-refractivity contribution in [3.05, 3.63) is 84.2 Å². The highest BCUT2D eigenvalue weighted by Crippen LogP contribution is 2.35. The summed E-state index contributed by atoms with van der Waals surface area (Å²) in [6.45, 7) is 3.68. The monoisotopic (exact) mass is 372 g/mol. The molecule has 0 saturated carbocycles. The van der Waals surface area contributed by atoms with Crippen molar-refractivity contribution < 1.29 is 22.6 Å². The Morgan fingerprint density at radius 1 is 1.00 bits per heavy atom. The summed E-state index contributed by atoms with van der Waals surface area (Å²) in [5, 5.41) is 1.26. The van der Waals surface area contributed by atoms with Crippen LogP contribution in [0, 0.1) is 5.82 Å². The van der Waals surface area contributed by atoms with Crippen molar-refractivity contribution in [1.82, 2.24) is 0 Å². The molecule has 3 rings (SSSR count). The lowest BCUT2D eigenvalue weighted by atomic mass is 10.0. The fourth-order valence-corrected chi connectivity index (χ4v) is 2.78. The number of allylic oxidation sites excluding steroid dienone is 1. The molecular formula is C22H19F3O2. The number of fused-ring (bicyclic) bond motifs is 1. The van der Waals surface area contributed by atoms with Gasteiger partial charge in [0, 0.05) is 0 Å². The smallest absolute Gasteiger partial charge is 0.426 e. The molecule has 0 unspecified atom stereocenters. The van der Waals surface area contributed by atoms with Gasteiger partial charge in [-0.15, -0.1) is 6.58 Å². The number of halogens is 3. The summed E-state index contributed by atoms with van der Waals surface area (Å²) in [4.78, 5) is 0. The highest BCUT2D eigenvalue weighted by atomic mass is 19.3. The number of ether oxygens (including phenoxy) is 2. The summed E-state index contributed by atoms with van der Waals surface area (Å²) < 4.78 is 52.9. The topological polar surface area (TPSA) is 18.5 Å². The van der Waals surface area contributed by atoms with Gasteiger partial charge < -0.3 is 9.47 Å². The molecule has 0 aliphatic rings. The van der Waals surface area contributed by atoms with Crippen molar-refractivity contribution in [1.29, 1.82) is 0 Å². The third kappa shape index (κ3) is 4.25. The van der Waals surface area contributed by atoms with Gasteiger partial charge in [-0.3, -0.25) is 0 Å². The van der Waals surface area contributed by atoms with E-state index in [9.17, 15) is 13.2 Å². The summed E-state index contributed by atoms with van der Waals surface area (Å²) in [6, 6.07) is 13.2. The summed E-state index contributed by atoms with van der Waals surface area (Å²) in [6.07, 6.45) is -0.272. The molecule has 140 valence electrons. The van der Waals surface area contributed by atoms with Gasteiger partial charge in [-0.25, -0.2) is 4.39 Å². The molecule has 0 atom stereocenters. The fraction of sp³-hybridized carbons (Fsp3) is 0.182. The normalized spacial score (nSPS) is 11.4. The largest absolute Gasteiger partial charge is 0.497 e. The Balaban J connectivity index is 1.88. The second-order valence-corrected chi connectivity index (χ2v) is 6.14. The van der Waals surface area contributed by atoms with Crippen LogP contribution in [0.25, 0.3) is 10.8 Å². The van der Waals surface area contributed by atoms with Crippen molar-refractivity contribution in [2.75, 3.05) is 7.11 Å². The Kier molecular flexibility index (Phi) is 5.40. The standard InChI is InChI=1S/C22H19F3O2/c1-3-4-5-15-6-7-16-14-21(20(23)13-17(16)12-15)27-22(24,25)18-8-10-19(26-2)11-9-18/h3,6-14H,1,4-5H2,2H3. The third-order valence-electron chi connectivity index (χ3n) is 4.26. The molecule has 2 nitrogen and oxygen atoms in total. The van der Waals surface area contributed by atoms with Gasteiger partial charge in [0.1, 0.15) is 5.75 Å². The van der Waals surface area contributed by atoms with Crippen molar-refractivity contribution >= 4 is 10.8 Å². The molecule has 5 heteroatoms. The number of hydrogen-bond acceptors (Lipinski definition) is 2. The van der Waals surface area contributed by atoms with Crippen LogP contribution < -0.4 is 9.47 Å². The van der Waals surface area contributed by atoms with Crippen LogP contribution in [-0.2, 0) is 12.5 Å². The Morgan fingerprint density at radius 2 is 1.74 bits per heavy atom.